The Morgan fingerprint density at radius 1 is 1.06 bits per heavy atom. The predicted molar refractivity (Wildman–Crippen MR) is 140 cm³/mol. The van der Waals surface area contributed by atoms with Crippen molar-refractivity contribution < 1.29 is 15.3 Å². The molecule has 0 amide bonds. The first-order valence-electron chi connectivity index (χ1n) is 14.2. The highest BCUT2D eigenvalue weighted by Crippen LogP contribution is 2.76. The van der Waals surface area contributed by atoms with Crippen molar-refractivity contribution in [2.45, 2.75) is 118 Å². The Balaban J connectivity index is 1.59. The standard InChI is InChI=1S/C31H52O3/c1-20(2)25(32)12-11-24-22-10-13-26-30(7)16-14-23(21(3)9-8-15-28(4,5)34)29(30,6)17-18-31(24,26)27(33)19-22/h8,10,13,15,20-27,32-34H,9,11-12,14,16-19H2,1-7H3/b15-8+/t21-,22+,23-,24-,25+,26?,27?,29-,30+,31-/m1/s1. The Kier molecular flexibility index (Phi) is 7.02. The summed E-state index contributed by atoms with van der Waals surface area (Å²) in [7, 11) is 0. The second-order valence-corrected chi connectivity index (χ2v) is 14.1. The van der Waals surface area contributed by atoms with Crippen LogP contribution in [0.1, 0.15) is 99.8 Å². The molecule has 3 N–H and O–H groups in total. The van der Waals surface area contributed by atoms with Gasteiger partial charge in [0.1, 0.15) is 0 Å². The molecule has 3 nitrogen and oxygen atoms in total. The van der Waals surface area contributed by atoms with E-state index in [1.165, 1.54) is 19.3 Å². The Labute approximate surface area is 209 Å². The first-order chi connectivity index (χ1) is 15.8. The van der Waals surface area contributed by atoms with Crippen LogP contribution in [0.4, 0.5) is 0 Å². The first kappa shape index (κ1) is 26.4. The summed E-state index contributed by atoms with van der Waals surface area (Å²) in [5.74, 6) is 2.96. The van der Waals surface area contributed by atoms with Gasteiger partial charge < -0.3 is 15.3 Å². The maximum atomic E-state index is 11.6. The second-order valence-electron chi connectivity index (χ2n) is 14.1. The van der Waals surface area contributed by atoms with Gasteiger partial charge in [-0.05, 0) is 112 Å². The van der Waals surface area contributed by atoms with Crippen molar-refractivity contribution in [2.24, 2.45) is 51.8 Å². The van der Waals surface area contributed by atoms with E-state index in [1.54, 1.807) is 0 Å². The van der Waals surface area contributed by atoms with Crippen LogP contribution in [0.15, 0.2) is 24.3 Å². The van der Waals surface area contributed by atoms with Gasteiger partial charge in [0.2, 0.25) is 0 Å². The van der Waals surface area contributed by atoms with Gasteiger partial charge in [0.05, 0.1) is 17.8 Å². The van der Waals surface area contributed by atoms with E-state index in [2.05, 4.69) is 52.8 Å². The van der Waals surface area contributed by atoms with E-state index >= 15 is 0 Å². The minimum atomic E-state index is -0.745. The van der Waals surface area contributed by atoms with Gasteiger partial charge in [-0.15, -0.1) is 0 Å². The van der Waals surface area contributed by atoms with Gasteiger partial charge in [0.25, 0.3) is 0 Å². The van der Waals surface area contributed by atoms with Crippen molar-refractivity contribution >= 4 is 0 Å². The van der Waals surface area contributed by atoms with E-state index in [0.29, 0.717) is 35.5 Å². The molecule has 34 heavy (non-hydrogen) atoms. The summed E-state index contributed by atoms with van der Waals surface area (Å²) in [5, 5.41) is 32.2. The van der Waals surface area contributed by atoms with Crippen LogP contribution in [-0.2, 0) is 0 Å². The van der Waals surface area contributed by atoms with Gasteiger partial charge in [0.15, 0.2) is 0 Å². The molecule has 0 aromatic heterocycles. The third-order valence-corrected chi connectivity index (χ3v) is 11.6. The second kappa shape index (κ2) is 9.03. The van der Waals surface area contributed by atoms with Crippen LogP contribution < -0.4 is 0 Å². The molecule has 0 aliphatic heterocycles. The van der Waals surface area contributed by atoms with E-state index in [4.69, 9.17) is 0 Å². The number of aliphatic hydroxyl groups excluding tert-OH is 2. The maximum Gasteiger partial charge on any atom is 0.0771 e. The molecule has 10 atom stereocenters. The lowest BCUT2D eigenvalue weighted by Gasteiger charge is -2.63. The zero-order chi connectivity index (χ0) is 25.1. The number of aliphatic hydroxyl groups is 3. The van der Waals surface area contributed by atoms with Gasteiger partial charge in [-0.25, -0.2) is 0 Å². The predicted octanol–water partition coefficient (Wildman–Crippen LogP) is 6.52. The van der Waals surface area contributed by atoms with Crippen molar-refractivity contribution in [2.75, 3.05) is 0 Å². The lowest BCUT2D eigenvalue weighted by Crippen LogP contribution is -2.59. The quantitative estimate of drug-likeness (QED) is 0.352. The molecule has 4 rings (SSSR count). The molecule has 2 unspecified atom stereocenters. The summed E-state index contributed by atoms with van der Waals surface area (Å²) in [6.45, 7) is 15.4. The molecule has 0 saturated heterocycles. The Hall–Kier alpha value is -0.640. The summed E-state index contributed by atoms with van der Waals surface area (Å²) < 4.78 is 0. The molecule has 2 bridgehead atoms. The number of allylic oxidation sites excluding steroid dienone is 3. The highest BCUT2D eigenvalue weighted by molar-refractivity contribution is 5.27. The highest BCUT2D eigenvalue weighted by atomic mass is 16.3. The van der Waals surface area contributed by atoms with E-state index < -0.39 is 5.60 Å². The number of hydrogen-bond donors (Lipinski definition) is 3. The Bertz CT molecular complexity index is 793. The molecule has 194 valence electrons. The minimum absolute atomic E-state index is 0.0106. The van der Waals surface area contributed by atoms with Crippen LogP contribution >= 0.6 is 0 Å². The van der Waals surface area contributed by atoms with E-state index in [1.807, 2.05) is 19.9 Å². The molecule has 3 fully saturated rings. The Morgan fingerprint density at radius 3 is 2.41 bits per heavy atom. The third kappa shape index (κ3) is 4.06. The van der Waals surface area contributed by atoms with Crippen molar-refractivity contribution in [3.8, 4) is 0 Å². The van der Waals surface area contributed by atoms with Crippen molar-refractivity contribution in [1.29, 1.82) is 0 Å². The van der Waals surface area contributed by atoms with Crippen LogP contribution in [0.3, 0.4) is 0 Å². The summed E-state index contributed by atoms with van der Waals surface area (Å²) in [6.07, 6.45) is 17.3. The molecule has 0 radical (unpaired) electrons. The van der Waals surface area contributed by atoms with E-state index in [9.17, 15) is 15.3 Å². The third-order valence-electron chi connectivity index (χ3n) is 11.6. The van der Waals surface area contributed by atoms with E-state index in [-0.39, 0.29) is 28.5 Å². The maximum absolute atomic E-state index is 11.6. The monoisotopic (exact) mass is 472 g/mol. The lowest BCUT2D eigenvalue weighted by molar-refractivity contribution is -0.156. The molecule has 4 aliphatic carbocycles. The average Bonchev–Trinajstić information content (AvgIpc) is 3.10. The van der Waals surface area contributed by atoms with Gasteiger partial charge in [-0.1, -0.05) is 58.9 Å². The normalized spacial score (nSPS) is 45.6. The molecular weight excluding hydrogens is 420 g/mol. The molecule has 4 aliphatic rings. The average molecular weight is 473 g/mol. The van der Waals surface area contributed by atoms with Crippen LogP contribution in [0.25, 0.3) is 0 Å². The fourth-order valence-corrected chi connectivity index (χ4v) is 9.44. The summed E-state index contributed by atoms with van der Waals surface area (Å²) in [6, 6.07) is 0. The van der Waals surface area contributed by atoms with Crippen LogP contribution in [-0.4, -0.2) is 33.1 Å². The van der Waals surface area contributed by atoms with Crippen LogP contribution in [0, 0.1) is 51.8 Å². The first-order valence-corrected chi connectivity index (χ1v) is 14.2. The molecule has 0 aromatic rings. The highest BCUT2D eigenvalue weighted by Gasteiger charge is 2.70. The van der Waals surface area contributed by atoms with Crippen molar-refractivity contribution in [1.82, 2.24) is 0 Å². The van der Waals surface area contributed by atoms with Gasteiger partial charge in [0, 0.05) is 5.41 Å². The smallest absolute Gasteiger partial charge is 0.0771 e. The zero-order valence-corrected chi connectivity index (χ0v) is 22.9. The summed E-state index contributed by atoms with van der Waals surface area (Å²) >= 11 is 0. The largest absolute Gasteiger partial charge is 0.393 e. The molecule has 3 saturated carbocycles. The molecule has 0 aromatic carbocycles. The number of fused-ring (bicyclic) bond motifs is 3. The number of hydrogen-bond acceptors (Lipinski definition) is 3. The molecule has 0 heterocycles. The van der Waals surface area contributed by atoms with E-state index in [0.717, 1.165) is 32.1 Å². The fourth-order valence-electron chi connectivity index (χ4n) is 9.44. The van der Waals surface area contributed by atoms with Crippen LogP contribution in [0.2, 0.25) is 0 Å². The molecular formula is C31H52O3. The van der Waals surface area contributed by atoms with Crippen LogP contribution in [0.5, 0.6) is 0 Å². The van der Waals surface area contributed by atoms with Crippen molar-refractivity contribution in [3.05, 3.63) is 24.3 Å². The summed E-state index contributed by atoms with van der Waals surface area (Å²) in [4.78, 5) is 0. The SMILES string of the molecule is CC(C)[C@@H](O)CC[C@@H]1[C@H]2C=CC3[C@]1(CC[C@]1(C)[C@@H]([C@H](C)C/C=C/C(C)(C)O)CC[C@@]31C)C(O)C2. The molecule has 3 heteroatoms. The lowest BCUT2D eigenvalue weighted by atomic mass is 9.41. The zero-order valence-electron chi connectivity index (χ0n) is 22.9. The van der Waals surface area contributed by atoms with Gasteiger partial charge >= 0.3 is 0 Å². The minimum Gasteiger partial charge on any atom is -0.393 e. The Morgan fingerprint density at radius 2 is 1.76 bits per heavy atom. The topological polar surface area (TPSA) is 60.7 Å². The molecule has 1 spiro atoms. The summed E-state index contributed by atoms with van der Waals surface area (Å²) in [5.41, 5.74) is -0.285. The number of rotatable bonds is 8. The van der Waals surface area contributed by atoms with Gasteiger partial charge in [-0.2, -0.15) is 0 Å². The van der Waals surface area contributed by atoms with Crippen molar-refractivity contribution in [3.63, 3.8) is 0 Å². The van der Waals surface area contributed by atoms with Gasteiger partial charge in [-0.3, -0.25) is 0 Å². The fraction of sp³-hybridized carbons (Fsp3) is 0.871.